The molecule has 1 aromatic carbocycles. The number of nitrogens with one attached hydrogen (secondary N) is 1. The number of methoxy groups -OCH3 is 1. The first-order valence-corrected chi connectivity index (χ1v) is 9.32. The van der Waals surface area contributed by atoms with E-state index in [1.165, 1.54) is 0 Å². The maximum Gasteiger partial charge on any atom is 0.256 e. The van der Waals surface area contributed by atoms with Crippen molar-refractivity contribution >= 4 is 5.91 Å². The zero-order valence-corrected chi connectivity index (χ0v) is 15.4. The number of rotatable bonds is 3. The second-order valence-electron chi connectivity index (χ2n) is 6.92. The fourth-order valence-corrected chi connectivity index (χ4v) is 3.80. The number of H-pyrrole nitrogens is 1. The van der Waals surface area contributed by atoms with Gasteiger partial charge in [0, 0.05) is 18.5 Å². The fraction of sp³-hybridized carbons (Fsp3) is 0.450. The fourth-order valence-electron chi connectivity index (χ4n) is 3.80. The van der Waals surface area contributed by atoms with E-state index >= 15 is 0 Å². The summed E-state index contributed by atoms with van der Waals surface area (Å²) in [5, 5.41) is 0. The van der Waals surface area contributed by atoms with Crippen molar-refractivity contribution in [3.8, 4) is 5.75 Å². The molecule has 0 spiro atoms. The average Bonchev–Trinajstić information content (AvgIpc) is 2.73. The molecule has 4 rings (SSSR count). The number of piperidine rings is 1. The summed E-state index contributed by atoms with van der Waals surface area (Å²) < 4.78 is 10.6. The molecule has 1 fully saturated rings. The molecule has 1 aromatic heterocycles. The molecule has 27 heavy (non-hydrogen) atoms. The van der Waals surface area contributed by atoms with E-state index < -0.39 is 0 Å². The average molecular weight is 369 g/mol. The Balaban J connectivity index is 1.67. The Morgan fingerprint density at radius 3 is 3.11 bits per heavy atom. The number of hydrogen-bond acceptors (Lipinski definition) is 5. The van der Waals surface area contributed by atoms with Crippen LogP contribution in [0.1, 0.15) is 52.7 Å². The van der Waals surface area contributed by atoms with Crippen molar-refractivity contribution in [2.45, 2.75) is 38.3 Å². The normalized spacial score (nSPS) is 19.4. The highest BCUT2D eigenvalue weighted by Crippen LogP contribution is 2.31. The number of hydrogen-bond donors (Lipinski definition) is 1. The molecule has 0 bridgehead atoms. The number of benzene rings is 1. The number of likely N-dealkylation sites (tertiary alicyclic amines) is 1. The topological polar surface area (TPSA) is 84.5 Å². The third kappa shape index (κ3) is 3.47. The van der Waals surface area contributed by atoms with Gasteiger partial charge in [0.25, 0.3) is 11.5 Å². The second-order valence-corrected chi connectivity index (χ2v) is 6.92. The molecule has 2 aromatic rings. The van der Waals surface area contributed by atoms with Gasteiger partial charge >= 0.3 is 0 Å². The lowest BCUT2D eigenvalue weighted by atomic mass is 9.99. The van der Waals surface area contributed by atoms with Crippen molar-refractivity contribution in [1.82, 2.24) is 14.9 Å². The van der Waals surface area contributed by atoms with Crippen LogP contribution in [0.2, 0.25) is 0 Å². The summed E-state index contributed by atoms with van der Waals surface area (Å²) in [4.78, 5) is 35.0. The Morgan fingerprint density at radius 1 is 1.37 bits per heavy atom. The lowest BCUT2D eigenvalue weighted by Gasteiger charge is -2.35. The Labute approximate surface area is 157 Å². The largest absolute Gasteiger partial charge is 0.497 e. The van der Waals surface area contributed by atoms with Gasteiger partial charge in [0.15, 0.2) is 0 Å². The molecule has 1 atom stereocenters. The Morgan fingerprint density at radius 2 is 2.26 bits per heavy atom. The quantitative estimate of drug-likeness (QED) is 0.897. The number of amides is 1. The molecular formula is C20H23N3O4. The van der Waals surface area contributed by atoms with Gasteiger partial charge in [0.2, 0.25) is 0 Å². The summed E-state index contributed by atoms with van der Waals surface area (Å²) in [7, 11) is 1.58. The molecule has 0 radical (unpaired) electrons. The van der Waals surface area contributed by atoms with E-state index in [0.29, 0.717) is 48.9 Å². The minimum atomic E-state index is -0.224. The third-order valence-corrected chi connectivity index (χ3v) is 5.25. The van der Waals surface area contributed by atoms with E-state index in [-0.39, 0.29) is 17.5 Å². The minimum absolute atomic E-state index is 0.0673. The highest BCUT2D eigenvalue weighted by Gasteiger charge is 2.31. The van der Waals surface area contributed by atoms with Crippen molar-refractivity contribution in [3.63, 3.8) is 0 Å². The molecule has 1 amide bonds. The summed E-state index contributed by atoms with van der Waals surface area (Å²) in [6.45, 7) is 1.51. The molecule has 7 heteroatoms. The van der Waals surface area contributed by atoms with Gasteiger partial charge in [0.1, 0.15) is 11.6 Å². The van der Waals surface area contributed by atoms with Crippen LogP contribution in [0.5, 0.6) is 5.75 Å². The standard InChI is InChI=1S/C20H23N3O4/c1-26-14-6-4-5-13(11-14)20(25)23-9-3-2-7-17(23)18-21-16-8-10-27-12-15(16)19(24)22-18/h4-6,11,17H,2-3,7-10,12H2,1H3,(H,21,22,24). The predicted octanol–water partition coefficient (Wildman–Crippen LogP) is 2.22. The van der Waals surface area contributed by atoms with Crippen molar-refractivity contribution in [3.05, 3.63) is 57.3 Å². The van der Waals surface area contributed by atoms with Gasteiger partial charge in [-0.15, -0.1) is 0 Å². The number of fused-ring (bicyclic) bond motifs is 1. The third-order valence-electron chi connectivity index (χ3n) is 5.25. The Kier molecular flexibility index (Phi) is 4.94. The number of nitrogens with zero attached hydrogens (tertiary/aromatic N) is 2. The Bertz CT molecular complexity index is 908. The number of ether oxygens (including phenoxy) is 2. The van der Waals surface area contributed by atoms with E-state index in [1.807, 2.05) is 17.0 Å². The monoisotopic (exact) mass is 369 g/mol. The predicted molar refractivity (Wildman–Crippen MR) is 98.8 cm³/mol. The van der Waals surface area contributed by atoms with E-state index in [4.69, 9.17) is 14.5 Å². The van der Waals surface area contributed by atoms with Crippen molar-refractivity contribution in [2.75, 3.05) is 20.3 Å². The zero-order chi connectivity index (χ0) is 18.8. The molecule has 0 saturated carbocycles. The highest BCUT2D eigenvalue weighted by molar-refractivity contribution is 5.95. The van der Waals surface area contributed by atoms with Crippen LogP contribution < -0.4 is 10.3 Å². The molecule has 1 saturated heterocycles. The number of carbonyl (C=O) groups is 1. The molecule has 7 nitrogen and oxygen atoms in total. The molecule has 1 unspecified atom stereocenters. The van der Waals surface area contributed by atoms with Gasteiger partial charge in [-0.2, -0.15) is 0 Å². The van der Waals surface area contributed by atoms with Crippen LogP contribution in [0.25, 0.3) is 0 Å². The molecule has 0 aliphatic carbocycles. The summed E-state index contributed by atoms with van der Waals surface area (Å²) in [5.41, 5.74) is 1.81. The van der Waals surface area contributed by atoms with Gasteiger partial charge in [-0.05, 0) is 37.5 Å². The zero-order valence-electron chi connectivity index (χ0n) is 15.4. The number of aromatic nitrogens is 2. The lowest BCUT2D eigenvalue weighted by molar-refractivity contribution is 0.0596. The first-order chi connectivity index (χ1) is 13.2. The first kappa shape index (κ1) is 17.7. The van der Waals surface area contributed by atoms with E-state index in [2.05, 4.69) is 4.98 Å². The lowest BCUT2D eigenvalue weighted by Crippen LogP contribution is -2.40. The molecule has 2 aliphatic heterocycles. The van der Waals surface area contributed by atoms with Gasteiger partial charge in [0.05, 0.1) is 37.6 Å². The van der Waals surface area contributed by atoms with Crippen molar-refractivity contribution in [2.24, 2.45) is 0 Å². The molecular weight excluding hydrogens is 346 g/mol. The van der Waals surface area contributed by atoms with Crippen molar-refractivity contribution in [1.29, 1.82) is 0 Å². The second kappa shape index (κ2) is 7.52. The maximum atomic E-state index is 13.2. The Hall–Kier alpha value is -2.67. The summed E-state index contributed by atoms with van der Waals surface area (Å²) in [5.74, 6) is 1.16. The van der Waals surface area contributed by atoms with Crippen LogP contribution in [0, 0.1) is 0 Å². The van der Waals surface area contributed by atoms with Crippen molar-refractivity contribution < 1.29 is 14.3 Å². The SMILES string of the molecule is COc1cccc(C(=O)N2CCCCC2c2nc3c(c(=O)[nH]2)COCC3)c1. The van der Waals surface area contributed by atoms with Gasteiger partial charge in [-0.3, -0.25) is 9.59 Å². The highest BCUT2D eigenvalue weighted by atomic mass is 16.5. The molecule has 2 aliphatic rings. The van der Waals surface area contributed by atoms with Crippen LogP contribution in [0.4, 0.5) is 0 Å². The van der Waals surface area contributed by atoms with E-state index in [9.17, 15) is 9.59 Å². The maximum absolute atomic E-state index is 13.2. The summed E-state index contributed by atoms with van der Waals surface area (Å²) in [6, 6.07) is 6.93. The molecule has 1 N–H and O–H groups in total. The van der Waals surface area contributed by atoms with Crippen LogP contribution in [-0.2, 0) is 17.8 Å². The number of carbonyl (C=O) groups excluding carboxylic acids is 1. The summed E-state index contributed by atoms with van der Waals surface area (Å²) >= 11 is 0. The minimum Gasteiger partial charge on any atom is -0.497 e. The van der Waals surface area contributed by atoms with Crippen LogP contribution in [0.15, 0.2) is 29.1 Å². The van der Waals surface area contributed by atoms with E-state index in [0.717, 1.165) is 25.0 Å². The van der Waals surface area contributed by atoms with Crippen LogP contribution >= 0.6 is 0 Å². The summed E-state index contributed by atoms with van der Waals surface area (Å²) in [6.07, 6.45) is 3.35. The van der Waals surface area contributed by atoms with Gasteiger partial charge in [-0.1, -0.05) is 6.07 Å². The first-order valence-electron chi connectivity index (χ1n) is 9.32. The van der Waals surface area contributed by atoms with E-state index in [1.54, 1.807) is 19.2 Å². The molecule has 142 valence electrons. The van der Waals surface area contributed by atoms with Crippen LogP contribution in [0.3, 0.4) is 0 Å². The van der Waals surface area contributed by atoms with Gasteiger partial charge < -0.3 is 19.4 Å². The smallest absolute Gasteiger partial charge is 0.256 e. The van der Waals surface area contributed by atoms with Crippen LogP contribution in [-0.4, -0.2) is 41.0 Å². The van der Waals surface area contributed by atoms with Gasteiger partial charge in [-0.25, -0.2) is 4.98 Å². The molecule has 3 heterocycles. The number of aromatic amines is 1.